The Morgan fingerprint density at radius 1 is 1.14 bits per heavy atom. The molecule has 22 heavy (non-hydrogen) atoms. The average molecular weight is 351 g/mol. The predicted molar refractivity (Wildman–Crippen MR) is 72.9 cm³/mol. The first kappa shape index (κ1) is 16.8. The molecule has 3 nitrogen and oxygen atoms in total. The van der Waals surface area contributed by atoms with Crippen LogP contribution in [0.1, 0.15) is 5.56 Å². The van der Waals surface area contributed by atoms with E-state index in [-0.39, 0.29) is 9.79 Å². The molecule has 0 aliphatic carbocycles. The van der Waals surface area contributed by atoms with Crippen molar-refractivity contribution in [3.8, 4) is 0 Å². The zero-order valence-electron chi connectivity index (χ0n) is 11.1. The Morgan fingerprint density at radius 3 is 2.36 bits per heavy atom. The molecule has 2 rings (SSSR count). The molecule has 1 heterocycles. The highest BCUT2D eigenvalue weighted by atomic mass is 32.2. The van der Waals surface area contributed by atoms with Crippen LogP contribution < -0.4 is 0 Å². The smallest absolute Gasteiger partial charge is 0.262 e. The van der Waals surface area contributed by atoms with Crippen LogP contribution in [0.25, 0.3) is 0 Å². The second-order valence-corrected chi connectivity index (χ2v) is 7.44. The van der Waals surface area contributed by atoms with Crippen molar-refractivity contribution in [2.45, 2.75) is 20.9 Å². The van der Waals surface area contributed by atoms with E-state index in [0.29, 0.717) is 17.8 Å². The van der Waals surface area contributed by atoms with Crippen molar-refractivity contribution >= 4 is 21.6 Å². The largest absolute Gasteiger partial charge is 0.417 e. The third-order valence-electron chi connectivity index (χ3n) is 2.64. The van der Waals surface area contributed by atoms with Gasteiger partial charge in [-0.2, -0.15) is 13.2 Å². The van der Waals surface area contributed by atoms with E-state index in [1.807, 2.05) is 0 Å². The van der Waals surface area contributed by atoms with E-state index in [4.69, 9.17) is 0 Å². The lowest BCUT2D eigenvalue weighted by Crippen LogP contribution is -2.09. The van der Waals surface area contributed by atoms with Crippen LogP contribution in [0.2, 0.25) is 0 Å². The molecule has 0 radical (unpaired) electrons. The fraction of sp³-hybridized carbons (Fsp3) is 0.154. The molecule has 118 valence electrons. The molecule has 0 N–H and O–H groups in total. The van der Waals surface area contributed by atoms with Crippen molar-refractivity contribution in [3.63, 3.8) is 0 Å². The minimum Gasteiger partial charge on any atom is -0.262 e. The Bertz CT molecular complexity index is 804. The number of halogens is 4. The van der Waals surface area contributed by atoms with Crippen LogP contribution in [0.15, 0.2) is 51.3 Å². The number of aromatic nitrogens is 1. The summed E-state index contributed by atoms with van der Waals surface area (Å²) in [6.07, 6.45) is -1.80. The molecule has 0 unspecified atom stereocenters. The van der Waals surface area contributed by atoms with Gasteiger partial charge in [-0.3, -0.25) is 4.98 Å². The van der Waals surface area contributed by atoms with E-state index in [1.54, 1.807) is 0 Å². The summed E-state index contributed by atoms with van der Waals surface area (Å²) in [6.45, 7) is 0. The molecule has 2 aromatic rings. The minimum absolute atomic E-state index is 0.0346. The van der Waals surface area contributed by atoms with Crippen molar-refractivity contribution in [1.82, 2.24) is 4.98 Å². The molecule has 1 aromatic heterocycles. The van der Waals surface area contributed by atoms with E-state index in [9.17, 15) is 26.0 Å². The van der Waals surface area contributed by atoms with Gasteiger partial charge in [0.05, 0.1) is 21.6 Å². The van der Waals surface area contributed by atoms with Gasteiger partial charge >= 0.3 is 6.18 Å². The first-order valence-corrected chi connectivity index (χ1v) is 8.48. The first-order valence-electron chi connectivity index (χ1n) is 5.77. The average Bonchev–Trinajstić information content (AvgIpc) is 2.39. The summed E-state index contributed by atoms with van der Waals surface area (Å²) >= 11 is 0.557. The molecule has 0 spiro atoms. The number of sulfone groups is 1. The van der Waals surface area contributed by atoms with Crippen LogP contribution in [0, 0.1) is 5.82 Å². The first-order chi connectivity index (χ1) is 10.1. The van der Waals surface area contributed by atoms with Crippen molar-refractivity contribution < 1.29 is 26.0 Å². The summed E-state index contributed by atoms with van der Waals surface area (Å²) in [5.74, 6) is -0.757. The van der Waals surface area contributed by atoms with Crippen LogP contribution in [-0.4, -0.2) is 19.7 Å². The van der Waals surface area contributed by atoms with Crippen LogP contribution in [0.4, 0.5) is 17.6 Å². The van der Waals surface area contributed by atoms with Gasteiger partial charge in [-0.1, -0.05) is 11.8 Å². The predicted octanol–water partition coefficient (Wildman–Crippen LogP) is 3.79. The number of nitrogens with zero attached hydrogens (tertiary/aromatic N) is 1. The van der Waals surface area contributed by atoms with Crippen molar-refractivity contribution in [3.05, 3.63) is 48.0 Å². The Morgan fingerprint density at radius 2 is 1.82 bits per heavy atom. The SMILES string of the molecule is CS(=O)(=O)c1ccc(Sc2ccncc2F)c(C(F)(F)F)c1. The maximum atomic E-state index is 13.5. The summed E-state index contributed by atoms with van der Waals surface area (Å²) in [7, 11) is -3.78. The van der Waals surface area contributed by atoms with Gasteiger partial charge in [0.1, 0.15) is 0 Å². The van der Waals surface area contributed by atoms with Gasteiger partial charge in [-0.05, 0) is 24.3 Å². The second-order valence-electron chi connectivity index (χ2n) is 4.34. The molecular formula is C13H9F4NO2S2. The van der Waals surface area contributed by atoms with E-state index in [1.165, 1.54) is 12.3 Å². The minimum atomic E-state index is -4.76. The highest BCUT2D eigenvalue weighted by Crippen LogP contribution is 2.41. The molecule has 0 amide bonds. The van der Waals surface area contributed by atoms with Gasteiger partial charge in [0.25, 0.3) is 0 Å². The molecule has 0 aliphatic rings. The molecule has 0 atom stereocenters. The van der Waals surface area contributed by atoms with E-state index >= 15 is 0 Å². The van der Waals surface area contributed by atoms with E-state index in [2.05, 4.69) is 4.98 Å². The van der Waals surface area contributed by atoms with Gasteiger partial charge < -0.3 is 0 Å². The number of pyridine rings is 1. The molecular weight excluding hydrogens is 342 g/mol. The molecule has 1 aromatic carbocycles. The summed E-state index contributed by atoms with van der Waals surface area (Å²) < 4.78 is 75.6. The van der Waals surface area contributed by atoms with E-state index in [0.717, 1.165) is 24.6 Å². The summed E-state index contributed by atoms with van der Waals surface area (Å²) in [4.78, 5) is 2.75. The van der Waals surface area contributed by atoms with Crippen molar-refractivity contribution in [1.29, 1.82) is 0 Å². The number of benzene rings is 1. The van der Waals surface area contributed by atoms with Gasteiger partial charge in [0.15, 0.2) is 15.7 Å². The van der Waals surface area contributed by atoms with Crippen LogP contribution >= 0.6 is 11.8 Å². The zero-order valence-corrected chi connectivity index (χ0v) is 12.7. The lowest BCUT2D eigenvalue weighted by atomic mass is 10.2. The van der Waals surface area contributed by atoms with Crippen molar-refractivity contribution in [2.24, 2.45) is 0 Å². The lowest BCUT2D eigenvalue weighted by molar-refractivity contribution is -0.139. The van der Waals surface area contributed by atoms with Crippen LogP contribution in [0.3, 0.4) is 0 Å². The van der Waals surface area contributed by atoms with Gasteiger partial charge in [-0.25, -0.2) is 12.8 Å². The van der Waals surface area contributed by atoms with Crippen LogP contribution in [0.5, 0.6) is 0 Å². The Labute approximate surface area is 128 Å². The summed E-state index contributed by atoms with van der Waals surface area (Å²) in [5.41, 5.74) is -1.13. The molecule has 0 saturated carbocycles. The molecule has 9 heteroatoms. The monoisotopic (exact) mass is 351 g/mol. The number of hydrogen-bond acceptors (Lipinski definition) is 4. The normalized spacial score (nSPS) is 12.4. The summed E-state index contributed by atoms with van der Waals surface area (Å²) in [6, 6.07) is 3.87. The fourth-order valence-corrected chi connectivity index (χ4v) is 3.20. The van der Waals surface area contributed by atoms with Gasteiger partial charge in [0.2, 0.25) is 0 Å². The highest BCUT2D eigenvalue weighted by molar-refractivity contribution is 7.99. The summed E-state index contributed by atoms with van der Waals surface area (Å²) in [5, 5.41) is 0. The van der Waals surface area contributed by atoms with Gasteiger partial charge in [0, 0.05) is 17.3 Å². The zero-order chi connectivity index (χ0) is 16.5. The lowest BCUT2D eigenvalue weighted by Gasteiger charge is -2.14. The molecule has 0 bridgehead atoms. The Balaban J connectivity index is 2.54. The topological polar surface area (TPSA) is 47.0 Å². The molecule has 0 aliphatic heterocycles. The van der Waals surface area contributed by atoms with Gasteiger partial charge in [-0.15, -0.1) is 0 Å². The number of hydrogen-bond donors (Lipinski definition) is 0. The second kappa shape index (κ2) is 5.88. The fourth-order valence-electron chi connectivity index (χ4n) is 1.61. The maximum absolute atomic E-state index is 13.5. The quantitative estimate of drug-likeness (QED) is 0.790. The van der Waals surface area contributed by atoms with E-state index < -0.39 is 32.3 Å². The third kappa shape index (κ3) is 3.77. The standard InChI is InChI=1S/C13H9F4NO2S2/c1-22(19,20)8-2-3-11(9(6-8)13(15,16)17)21-12-4-5-18-7-10(12)14/h2-7H,1H3. The third-order valence-corrected chi connectivity index (χ3v) is 4.88. The highest BCUT2D eigenvalue weighted by Gasteiger charge is 2.35. The molecule has 0 saturated heterocycles. The number of rotatable bonds is 3. The maximum Gasteiger partial charge on any atom is 0.417 e. The van der Waals surface area contributed by atoms with Crippen molar-refractivity contribution in [2.75, 3.05) is 6.26 Å². The molecule has 0 fully saturated rings. The Hall–Kier alpha value is -1.61. The van der Waals surface area contributed by atoms with Crippen LogP contribution in [-0.2, 0) is 16.0 Å². The number of alkyl halides is 3. The Kier molecular flexibility index (Phi) is 4.48.